The molecule has 2 amide bonds. The van der Waals surface area contributed by atoms with Gasteiger partial charge in [0, 0.05) is 16.8 Å². The summed E-state index contributed by atoms with van der Waals surface area (Å²) in [7, 11) is 0. The number of carbonyl (C=O) groups excluding carboxylic acids is 2. The van der Waals surface area contributed by atoms with E-state index in [9.17, 15) is 9.59 Å². The van der Waals surface area contributed by atoms with Gasteiger partial charge in [-0.05, 0) is 61.0 Å². The van der Waals surface area contributed by atoms with Crippen LogP contribution in [-0.4, -0.2) is 11.8 Å². The zero-order valence-corrected chi connectivity index (χ0v) is 14.9. The third-order valence-electron chi connectivity index (χ3n) is 3.81. The van der Waals surface area contributed by atoms with Gasteiger partial charge in [0.1, 0.15) is 0 Å². The SMILES string of the molecule is Cc1cccc(NC(=O)c2ccc(C(=O)Nc3ccccc3Cl)cc2)c1. The monoisotopic (exact) mass is 364 g/mol. The molecule has 3 rings (SSSR count). The summed E-state index contributed by atoms with van der Waals surface area (Å²) in [5.74, 6) is -0.516. The van der Waals surface area contributed by atoms with Gasteiger partial charge in [-0.3, -0.25) is 9.59 Å². The van der Waals surface area contributed by atoms with E-state index in [0.29, 0.717) is 21.8 Å². The molecule has 4 nitrogen and oxygen atoms in total. The second kappa shape index (κ2) is 7.85. The molecule has 0 aliphatic carbocycles. The van der Waals surface area contributed by atoms with E-state index in [1.54, 1.807) is 48.5 Å². The van der Waals surface area contributed by atoms with Gasteiger partial charge in [0.2, 0.25) is 0 Å². The number of halogens is 1. The number of anilines is 2. The van der Waals surface area contributed by atoms with Crippen LogP contribution >= 0.6 is 11.6 Å². The van der Waals surface area contributed by atoms with Gasteiger partial charge >= 0.3 is 0 Å². The molecule has 0 aromatic heterocycles. The van der Waals surface area contributed by atoms with Crippen LogP contribution in [0.4, 0.5) is 11.4 Å². The minimum atomic E-state index is -0.288. The molecule has 0 aliphatic rings. The Hall–Kier alpha value is -3.11. The van der Waals surface area contributed by atoms with E-state index in [-0.39, 0.29) is 11.8 Å². The number of benzene rings is 3. The minimum Gasteiger partial charge on any atom is -0.322 e. The quantitative estimate of drug-likeness (QED) is 0.672. The van der Waals surface area contributed by atoms with Crippen LogP contribution in [-0.2, 0) is 0 Å². The lowest BCUT2D eigenvalue weighted by atomic mass is 10.1. The van der Waals surface area contributed by atoms with Crippen molar-refractivity contribution >= 4 is 34.8 Å². The predicted molar refractivity (Wildman–Crippen MR) is 105 cm³/mol. The maximum atomic E-state index is 12.3. The Morgan fingerprint density at radius 3 is 2.00 bits per heavy atom. The molecule has 0 atom stereocenters. The highest BCUT2D eigenvalue weighted by atomic mass is 35.5. The smallest absolute Gasteiger partial charge is 0.255 e. The molecule has 0 aliphatic heterocycles. The molecule has 0 bridgehead atoms. The Kier molecular flexibility index (Phi) is 5.34. The first-order valence-electron chi connectivity index (χ1n) is 8.07. The fourth-order valence-corrected chi connectivity index (χ4v) is 2.64. The number of carbonyl (C=O) groups is 2. The Morgan fingerprint density at radius 2 is 1.38 bits per heavy atom. The average molecular weight is 365 g/mol. The number of hydrogen-bond donors (Lipinski definition) is 2. The molecule has 2 N–H and O–H groups in total. The molecule has 0 unspecified atom stereocenters. The zero-order valence-electron chi connectivity index (χ0n) is 14.1. The Bertz CT molecular complexity index is 952. The van der Waals surface area contributed by atoms with Crippen LogP contribution in [0.15, 0.2) is 72.8 Å². The van der Waals surface area contributed by atoms with Crippen LogP contribution in [0.25, 0.3) is 0 Å². The van der Waals surface area contributed by atoms with Gasteiger partial charge in [-0.1, -0.05) is 35.9 Å². The fourth-order valence-electron chi connectivity index (χ4n) is 2.46. The van der Waals surface area contributed by atoms with Crippen molar-refractivity contribution in [1.29, 1.82) is 0 Å². The van der Waals surface area contributed by atoms with Crippen molar-refractivity contribution in [2.24, 2.45) is 0 Å². The molecular weight excluding hydrogens is 348 g/mol. The lowest BCUT2D eigenvalue weighted by Gasteiger charge is -2.08. The van der Waals surface area contributed by atoms with Gasteiger partial charge in [-0.15, -0.1) is 0 Å². The highest BCUT2D eigenvalue weighted by molar-refractivity contribution is 6.33. The molecule has 0 radical (unpaired) electrons. The normalized spacial score (nSPS) is 10.2. The molecular formula is C21H17ClN2O2. The summed E-state index contributed by atoms with van der Waals surface area (Å²) in [6, 6.07) is 21.0. The lowest BCUT2D eigenvalue weighted by molar-refractivity contribution is 0.101. The first-order chi connectivity index (χ1) is 12.5. The van der Waals surface area contributed by atoms with E-state index in [4.69, 9.17) is 11.6 Å². The Labute approximate surface area is 156 Å². The molecule has 26 heavy (non-hydrogen) atoms. The topological polar surface area (TPSA) is 58.2 Å². The summed E-state index contributed by atoms with van der Waals surface area (Å²) in [4.78, 5) is 24.6. The van der Waals surface area contributed by atoms with E-state index in [1.165, 1.54) is 0 Å². The number of para-hydroxylation sites is 1. The number of aryl methyl sites for hydroxylation is 1. The highest BCUT2D eigenvalue weighted by Crippen LogP contribution is 2.21. The van der Waals surface area contributed by atoms with Crippen molar-refractivity contribution in [3.63, 3.8) is 0 Å². The predicted octanol–water partition coefficient (Wildman–Crippen LogP) is 5.15. The van der Waals surface area contributed by atoms with Crippen LogP contribution in [0.2, 0.25) is 5.02 Å². The third kappa shape index (κ3) is 4.29. The van der Waals surface area contributed by atoms with Crippen molar-refractivity contribution in [3.8, 4) is 0 Å². The molecule has 130 valence electrons. The minimum absolute atomic E-state index is 0.228. The van der Waals surface area contributed by atoms with Gasteiger partial charge in [-0.2, -0.15) is 0 Å². The van der Waals surface area contributed by atoms with Crippen molar-refractivity contribution < 1.29 is 9.59 Å². The standard InChI is InChI=1S/C21H17ClN2O2/c1-14-5-4-6-17(13-14)23-20(25)15-9-11-16(12-10-15)21(26)24-19-8-3-2-7-18(19)22/h2-13H,1H3,(H,23,25)(H,24,26). The molecule has 3 aromatic carbocycles. The summed E-state index contributed by atoms with van der Waals surface area (Å²) in [6.07, 6.45) is 0. The van der Waals surface area contributed by atoms with E-state index in [0.717, 1.165) is 11.3 Å². The lowest BCUT2D eigenvalue weighted by Crippen LogP contribution is -2.14. The Balaban J connectivity index is 1.68. The van der Waals surface area contributed by atoms with Crippen LogP contribution in [0.3, 0.4) is 0 Å². The van der Waals surface area contributed by atoms with Crippen LogP contribution in [0, 0.1) is 6.92 Å². The van der Waals surface area contributed by atoms with Gasteiger partial charge in [0.15, 0.2) is 0 Å². The first-order valence-corrected chi connectivity index (χ1v) is 8.45. The third-order valence-corrected chi connectivity index (χ3v) is 4.14. The second-order valence-electron chi connectivity index (χ2n) is 5.83. The van der Waals surface area contributed by atoms with E-state index < -0.39 is 0 Å². The number of amides is 2. The number of nitrogens with one attached hydrogen (secondary N) is 2. The molecule has 3 aromatic rings. The first kappa shape index (κ1) is 17.7. The van der Waals surface area contributed by atoms with Gasteiger partial charge in [0.05, 0.1) is 10.7 Å². The molecule has 0 saturated carbocycles. The second-order valence-corrected chi connectivity index (χ2v) is 6.24. The van der Waals surface area contributed by atoms with Gasteiger partial charge in [-0.25, -0.2) is 0 Å². The maximum absolute atomic E-state index is 12.3. The van der Waals surface area contributed by atoms with E-state index >= 15 is 0 Å². The molecule has 0 saturated heterocycles. The molecule has 0 heterocycles. The molecule has 5 heteroatoms. The maximum Gasteiger partial charge on any atom is 0.255 e. The van der Waals surface area contributed by atoms with Crippen LogP contribution < -0.4 is 10.6 Å². The zero-order chi connectivity index (χ0) is 18.5. The number of hydrogen-bond acceptors (Lipinski definition) is 2. The molecule has 0 spiro atoms. The average Bonchev–Trinajstić information content (AvgIpc) is 2.64. The summed E-state index contributed by atoms with van der Waals surface area (Å²) in [5.41, 5.74) is 3.25. The Morgan fingerprint density at radius 1 is 0.769 bits per heavy atom. The van der Waals surface area contributed by atoms with Crippen molar-refractivity contribution in [3.05, 3.63) is 94.5 Å². The largest absolute Gasteiger partial charge is 0.322 e. The van der Waals surface area contributed by atoms with Crippen molar-refractivity contribution in [2.75, 3.05) is 10.6 Å². The number of rotatable bonds is 4. The van der Waals surface area contributed by atoms with Gasteiger partial charge in [0.25, 0.3) is 11.8 Å². The summed E-state index contributed by atoms with van der Waals surface area (Å²) in [5, 5.41) is 6.06. The van der Waals surface area contributed by atoms with Crippen molar-refractivity contribution in [2.45, 2.75) is 6.92 Å². The summed E-state index contributed by atoms with van der Waals surface area (Å²) in [6.45, 7) is 1.96. The highest BCUT2D eigenvalue weighted by Gasteiger charge is 2.11. The fraction of sp³-hybridized carbons (Fsp3) is 0.0476. The summed E-state index contributed by atoms with van der Waals surface area (Å²) < 4.78 is 0. The van der Waals surface area contributed by atoms with Crippen molar-refractivity contribution in [1.82, 2.24) is 0 Å². The van der Waals surface area contributed by atoms with Gasteiger partial charge < -0.3 is 10.6 Å². The van der Waals surface area contributed by atoms with E-state index in [2.05, 4.69) is 10.6 Å². The molecule has 0 fully saturated rings. The van der Waals surface area contributed by atoms with Crippen LogP contribution in [0.5, 0.6) is 0 Å². The van der Waals surface area contributed by atoms with E-state index in [1.807, 2.05) is 31.2 Å². The van der Waals surface area contributed by atoms with Crippen LogP contribution in [0.1, 0.15) is 26.3 Å². The summed E-state index contributed by atoms with van der Waals surface area (Å²) >= 11 is 6.04.